The van der Waals surface area contributed by atoms with Crippen LogP contribution in [0.2, 0.25) is 0 Å². The zero-order valence-corrected chi connectivity index (χ0v) is 17.5. The Labute approximate surface area is 180 Å². The maximum Gasteiger partial charge on any atom is 0.147 e. The lowest BCUT2D eigenvalue weighted by molar-refractivity contribution is -0.130. The number of piperidine rings is 1. The van der Waals surface area contributed by atoms with E-state index in [9.17, 15) is 14.7 Å². The Bertz CT molecular complexity index is 1130. The summed E-state index contributed by atoms with van der Waals surface area (Å²) in [5, 5.41) is 12.6. The maximum absolute atomic E-state index is 12.5. The molecule has 1 saturated carbocycles. The number of furan rings is 1. The molecule has 0 amide bonds. The molecule has 1 saturated heterocycles. The predicted molar refractivity (Wildman–Crippen MR) is 118 cm³/mol. The molecule has 0 bridgehead atoms. The Balaban J connectivity index is 1.35. The fraction of sp³-hybridized carbons (Fsp3) is 0.440. The molecule has 0 spiro atoms. The van der Waals surface area contributed by atoms with E-state index in [1.807, 2.05) is 30.3 Å². The minimum Gasteiger partial charge on any atom is -0.492 e. The van der Waals surface area contributed by atoms with Crippen molar-refractivity contribution in [2.75, 3.05) is 26.2 Å². The zero-order valence-electron chi connectivity index (χ0n) is 17.5. The first-order valence-electron chi connectivity index (χ1n) is 11.1. The van der Waals surface area contributed by atoms with Crippen LogP contribution in [0, 0.1) is 0 Å². The van der Waals surface area contributed by atoms with Crippen LogP contribution >= 0.6 is 0 Å². The number of rotatable bonds is 5. The van der Waals surface area contributed by atoms with Crippen LogP contribution < -0.4 is 4.74 Å². The van der Waals surface area contributed by atoms with Gasteiger partial charge in [0.15, 0.2) is 0 Å². The van der Waals surface area contributed by atoms with Gasteiger partial charge in [0.25, 0.3) is 0 Å². The van der Waals surface area contributed by atoms with Gasteiger partial charge in [0.05, 0.1) is 18.8 Å². The van der Waals surface area contributed by atoms with Gasteiger partial charge in [0.1, 0.15) is 29.5 Å². The number of carbonyl (C=O) groups is 2. The Morgan fingerprint density at radius 3 is 2.74 bits per heavy atom. The van der Waals surface area contributed by atoms with Crippen LogP contribution in [0.25, 0.3) is 21.7 Å². The van der Waals surface area contributed by atoms with Gasteiger partial charge in [-0.05, 0) is 54.3 Å². The Hall–Kier alpha value is -2.70. The minimum atomic E-state index is -0.275. The summed E-state index contributed by atoms with van der Waals surface area (Å²) < 4.78 is 11.8. The third kappa shape index (κ3) is 4.10. The fourth-order valence-corrected chi connectivity index (χ4v) is 4.85. The van der Waals surface area contributed by atoms with Crippen LogP contribution in [0.15, 0.2) is 41.0 Å². The third-order valence-corrected chi connectivity index (χ3v) is 6.64. The molecule has 5 rings (SSSR count). The predicted octanol–water partition coefficient (Wildman–Crippen LogP) is 3.83. The molecule has 6 nitrogen and oxygen atoms in total. The molecule has 2 aliphatic rings. The molecule has 31 heavy (non-hydrogen) atoms. The number of carbonyl (C=O) groups excluding carboxylic acids is 2. The highest BCUT2D eigenvalue weighted by molar-refractivity contribution is 6.11. The second kappa shape index (κ2) is 8.44. The number of ether oxygens (including phenoxy) is 1. The van der Waals surface area contributed by atoms with E-state index in [0.29, 0.717) is 19.4 Å². The Kier molecular flexibility index (Phi) is 5.50. The zero-order chi connectivity index (χ0) is 21.4. The average Bonchev–Trinajstić information content (AvgIpc) is 3.19. The molecule has 162 valence electrons. The van der Waals surface area contributed by atoms with Crippen molar-refractivity contribution in [1.82, 2.24) is 4.90 Å². The number of hydrogen-bond donors (Lipinski definition) is 1. The number of aliphatic hydroxyl groups is 1. The smallest absolute Gasteiger partial charge is 0.147 e. The summed E-state index contributed by atoms with van der Waals surface area (Å²) in [5.74, 6) is 0.555. The highest BCUT2D eigenvalue weighted by atomic mass is 16.5. The monoisotopic (exact) mass is 421 g/mol. The fourth-order valence-electron chi connectivity index (χ4n) is 4.85. The molecule has 3 aromatic rings. The number of hydrogen-bond acceptors (Lipinski definition) is 6. The van der Waals surface area contributed by atoms with E-state index in [2.05, 4.69) is 4.90 Å². The Morgan fingerprint density at radius 2 is 1.94 bits per heavy atom. The van der Waals surface area contributed by atoms with E-state index in [-0.39, 0.29) is 30.0 Å². The molecule has 0 radical (unpaired) electrons. The second-order valence-electron chi connectivity index (χ2n) is 8.71. The maximum atomic E-state index is 12.5. The van der Waals surface area contributed by atoms with Crippen molar-refractivity contribution < 1.29 is 23.8 Å². The van der Waals surface area contributed by atoms with Gasteiger partial charge in [0.2, 0.25) is 0 Å². The average molecular weight is 421 g/mol. The SMILES string of the molecule is O=C1CCC(c2coc3ccc4cc(OCCN5CCC(O)CC5)ccc4c23)C(=O)C1. The molecule has 1 atom stereocenters. The first-order valence-corrected chi connectivity index (χ1v) is 11.1. The van der Waals surface area contributed by atoms with Crippen molar-refractivity contribution in [3.8, 4) is 5.75 Å². The van der Waals surface area contributed by atoms with Crippen molar-refractivity contribution >= 4 is 33.3 Å². The van der Waals surface area contributed by atoms with E-state index < -0.39 is 0 Å². The molecular weight excluding hydrogens is 394 g/mol. The molecule has 2 aromatic carbocycles. The van der Waals surface area contributed by atoms with E-state index in [1.165, 1.54) is 0 Å². The van der Waals surface area contributed by atoms with E-state index in [0.717, 1.165) is 65.5 Å². The van der Waals surface area contributed by atoms with E-state index >= 15 is 0 Å². The van der Waals surface area contributed by atoms with Gasteiger partial charge in [-0.25, -0.2) is 0 Å². The number of fused-ring (bicyclic) bond motifs is 3. The molecule has 2 fully saturated rings. The number of likely N-dealkylation sites (tertiary alicyclic amines) is 1. The largest absolute Gasteiger partial charge is 0.492 e. The lowest BCUT2D eigenvalue weighted by Crippen LogP contribution is -2.38. The molecule has 1 aliphatic heterocycles. The summed E-state index contributed by atoms with van der Waals surface area (Å²) in [6.45, 7) is 3.27. The number of nitrogens with zero attached hydrogens (tertiary/aromatic N) is 1. The molecule has 6 heteroatoms. The van der Waals surface area contributed by atoms with Crippen LogP contribution in [0.1, 0.15) is 43.6 Å². The molecule has 1 unspecified atom stereocenters. The standard InChI is InChI=1S/C25H27NO5/c27-17-7-9-26(10-8-17)11-12-30-19-3-5-20-16(13-19)1-6-24-25(20)22(15-31-24)21-4-2-18(28)14-23(21)29/h1,3,5-6,13,15,17,21,27H,2,4,7-12,14H2. The normalized spacial score (nSPS) is 21.3. The Morgan fingerprint density at radius 1 is 1.10 bits per heavy atom. The second-order valence-corrected chi connectivity index (χ2v) is 8.71. The summed E-state index contributed by atoms with van der Waals surface area (Å²) in [7, 11) is 0. The van der Waals surface area contributed by atoms with Crippen molar-refractivity contribution in [2.24, 2.45) is 0 Å². The van der Waals surface area contributed by atoms with Gasteiger partial charge in [-0.1, -0.05) is 6.07 Å². The van der Waals surface area contributed by atoms with Crippen LogP contribution in [-0.2, 0) is 9.59 Å². The van der Waals surface area contributed by atoms with Gasteiger partial charge in [0, 0.05) is 42.9 Å². The van der Waals surface area contributed by atoms with Crippen molar-refractivity contribution in [2.45, 2.75) is 44.1 Å². The van der Waals surface area contributed by atoms with Crippen LogP contribution in [0.3, 0.4) is 0 Å². The number of benzene rings is 2. The van der Waals surface area contributed by atoms with Crippen LogP contribution in [-0.4, -0.2) is 53.9 Å². The number of aliphatic hydroxyl groups excluding tert-OH is 1. The lowest BCUT2D eigenvalue weighted by Gasteiger charge is -2.29. The van der Waals surface area contributed by atoms with Crippen LogP contribution in [0.4, 0.5) is 0 Å². The summed E-state index contributed by atoms with van der Waals surface area (Å²) in [4.78, 5) is 26.5. The summed E-state index contributed by atoms with van der Waals surface area (Å²) in [5.41, 5.74) is 1.65. The topological polar surface area (TPSA) is 80.0 Å². The lowest BCUT2D eigenvalue weighted by atomic mass is 9.81. The van der Waals surface area contributed by atoms with Gasteiger partial charge < -0.3 is 14.3 Å². The molecule has 1 aromatic heterocycles. The summed E-state index contributed by atoms with van der Waals surface area (Å²) >= 11 is 0. The number of ketones is 2. The highest BCUT2D eigenvalue weighted by Crippen LogP contribution is 2.38. The summed E-state index contributed by atoms with van der Waals surface area (Å²) in [6.07, 6.45) is 4.21. The van der Waals surface area contributed by atoms with E-state index in [4.69, 9.17) is 9.15 Å². The molecule has 1 N–H and O–H groups in total. The number of Topliss-reactive ketones (excluding diaryl/α,β-unsaturated/α-hetero) is 2. The van der Waals surface area contributed by atoms with Gasteiger partial charge in [-0.15, -0.1) is 0 Å². The highest BCUT2D eigenvalue weighted by Gasteiger charge is 2.31. The van der Waals surface area contributed by atoms with Crippen molar-refractivity contribution in [1.29, 1.82) is 0 Å². The van der Waals surface area contributed by atoms with Crippen molar-refractivity contribution in [3.05, 3.63) is 42.2 Å². The van der Waals surface area contributed by atoms with Gasteiger partial charge in [-0.3, -0.25) is 14.5 Å². The van der Waals surface area contributed by atoms with Gasteiger partial charge >= 0.3 is 0 Å². The molecule has 2 heterocycles. The quantitative estimate of drug-likeness (QED) is 0.631. The van der Waals surface area contributed by atoms with Gasteiger partial charge in [-0.2, -0.15) is 0 Å². The minimum absolute atomic E-state index is 0.0128. The molecule has 1 aliphatic carbocycles. The first-order chi connectivity index (χ1) is 15.1. The first kappa shape index (κ1) is 20.2. The van der Waals surface area contributed by atoms with Crippen molar-refractivity contribution in [3.63, 3.8) is 0 Å². The summed E-state index contributed by atoms with van der Waals surface area (Å²) in [6, 6.07) is 9.96. The third-order valence-electron chi connectivity index (χ3n) is 6.64. The molecular formula is C25H27NO5. The van der Waals surface area contributed by atoms with E-state index in [1.54, 1.807) is 6.26 Å². The van der Waals surface area contributed by atoms with Crippen LogP contribution in [0.5, 0.6) is 5.75 Å².